The van der Waals surface area contributed by atoms with Crippen molar-refractivity contribution in [3.8, 4) is 0 Å². The van der Waals surface area contributed by atoms with E-state index in [4.69, 9.17) is 9.84 Å². The van der Waals surface area contributed by atoms with Crippen LogP contribution in [0.3, 0.4) is 0 Å². The van der Waals surface area contributed by atoms with Crippen LogP contribution in [0.25, 0.3) is 0 Å². The fourth-order valence-electron chi connectivity index (χ4n) is 9.26. The number of aliphatic hydroxyl groups is 2. The minimum absolute atomic E-state index is 0.196. The Balaban J connectivity index is 1.45. The van der Waals surface area contributed by atoms with Crippen LogP contribution in [-0.4, -0.2) is 35.6 Å². The molecule has 3 nitrogen and oxygen atoms in total. The highest BCUT2D eigenvalue weighted by Crippen LogP contribution is 2.67. The molecule has 0 aromatic rings. The fourth-order valence-corrected chi connectivity index (χ4v) is 9.26. The lowest BCUT2D eigenvalue weighted by molar-refractivity contribution is -0.0731. The van der Waals surface area contributed by atoms with Crippen LogP contribution in [0.1, 0.15) is 99.3 Å². The Bertz CT molecular complexity index is 771. The molecule has 3 saturated carbocycles. The Morgan fingerprint density at radius 2 is 1.83 bits per heavy atom. The second-order valence-electron chi connectivity index (χ2n) is 13.6. The van der Waals surface area contributed by atoms with Crippen molar-refractivity contribution in [2.75, 3.05) is 13.2 Å². The monoisotopic (exact) mass is 486 g/mol. The van der Waals surface area contributed by atoms with Gasteiger partial charge in [-0.3, -0.25) is 0 Å². The molecule has 10 atom stereocenters. The van der Waals surface area contributed by atoms with Crippen LogP contribution in [-0.2, 0) is 4.74 Å². The van der Waals surface area contributed by atoms with Gasteiger partial charge in [-0.15, -0.1) is 0 Å². The molecule has 0 amide bonds. The Morgan fingerprint density at radius 3 is 2.51 bits per heavy atom. The van der Waals surface area contributed by atoms with Crippen molar-refractivity contribution in [3.63, 3.8) is 0 Å². The van der Waals surface area contributed by atoms with Gasteiger partial charge >= 0.3 is 0 Å². The quantitative estimate of drug-likeness (QED) is 0.339. The molecule has 4 rings (SSSR count). The molecule has 4 aliphatic carbocycles. The molecular formula is C32H54O3. The number of rotatable bonds is 9. The summed E-state index contributed by atoms with van der Waals surface area (Å²) in [4.78, 5) is 0. The van der Waals surface area contributed by atoms with Gasteiger partial charge in [0, 0.05) is 0 Å². The predicted molar refractivity (Wildman–Crippen MR) is 145 cm³/mol. The summed E-state index contributed by atoms with van der Waals surface area (Å²) in [6.07, 6.45) is 18.6. The molecule has 0 heterocycles. The van der Waals surface area contributed by atoms with E-state index in [9.17, 15) is 5.11 Å². The van der Waals surface area contributed by atoms with Gasteiger partial charge in [0.05, 0.1) is 19.3 Å². The summed E-state index contributed by atoms with van der Waals surface area (Å²) in [5.41, 5.74) is 2.45. The lowest BCUT2D eigenvalue weighted by Crippen LogP contribution is -2.51. The summed E-state index contributed by atoms with van der Waals surface area (Å²) in [5.74, 6) is 5.49. The van der Waals surface area contributed by atoms with Crippen molar-refractivity contribution < 1.29 is 14.9 Å². The minimum atomic E-state index is -0.755. The van der Waals surface area contributed by atoms with Crippen LogP contribution >= 0.6 is 0 Å². The second kappa shape index (κ2) is 11.0. The Labute approximate surface area is 215 Å². The molecule has 0 spiro atoms. The summed E-state index contributed by atoms with van der Waals surface area (Å²) < 4.78 is 6.00. The predicted octanol–water partition coefficient (Wildman–Crippen LogP) is 7.18. The molecule has 0 bridgehead atoms. The van der Waals surface area contributed by atoms with Gasteiger partial charge in [0.25, 0.3) is 0 Å². The summed E-state index contributed by atoms with van der Waals surface area (Å²) in [6, 6.07) is 0. The van der Waals surface area contributed by atoms with Gasteiger partial charge < -0.3 is 14.9 Å². The van der Waals surface area contributed by atoms with Crippen LogP contribution in [0.4, 0.5) is 0 Å². The first-order valence-electron chi connectivity index (χ1n) is 14.9. The van der Waals surface area contributed by atoms with Crippen molar-refractivity contribution >= 4 is 0 Å². The van der Waals surface area contributed by atoms with Crippen LogP contribution in [0.5, 0.6) is 0 Å². The highest BCUT2D eigenvalue weighted by Gasteiger charge is 2.59. The average Bonchev–Trinajstić information content (AvgIpc) is 3.19. The molecule has 0 radical (unpaired) electrons. The third kappa shape index (κ3) is 5.21. The second-order valence-corrected chi connectivity index (χ2v) is 13.6. The third-order valence-electron chi connectivity index (χ3n) is 11.5. The van der Waals surface area contributed by atoms with Crippen molar-refractivity contribution in [2.24, 2.45) is 52.3 Å². The van der Waals surface area contributed by atoms with E-state index >= 15 is 0 Å². The lowest BCUT2D eigenvalue weighted by Gasteiger charge is -2.58. The molecule has 0 aliphatic heterocycles. The minimum Gasteiger partial charge on any atom is -0.394 e. The van der Waals surface area contributed by atoms with E-state index in [-0.39, 0.29) is 19.3 Å². The highest BCUT2D eigenvalue weighted by atomic mass is 16.5. The summed E-state index contributed by atoms with van der Waals surface area (Å²) in [6.45, 7) is 14.8. The summed E-state index contributed by atoms with van der Waals surface area (Å²) >= 11 is 0. The number of hydrogen-bond acceptors (Lipinski definition) is 3. The fraction of sp³-hybridized carbons (Fsp3) is 0.875. The molecule has 2 N–H and O–H groups in total. The van der Waals surface area contributed by atoms with E-state index in [1.165, 1.54) is 44.9 Å². The molecule has 0 aromatic carbocycles. The van der Waals surface area contributed by atoms with Crippen molar-refractivity contribution in [3.05, 3.63) is 23.8 Å². The Kier molecular flexibility index (Phi) is 8.61. The number of hydrogen-bond donors (Lipinski definition) is 2. The molecule has 35 heavy (non-hydrogen) atoms. The molecule has 0 aromatic heterocycles. The number of allylic oxidation sites excluding steroid dienone is 3. The summed E-state index contributed by atoms with van der Waals surface area (Å²) in [7, 11) is 0. The molecule has 0 saturated heterocycles. The maximum Gasteiger partial charge on any atom is 0.100 e. The first kappa shape index (κ1) is 27.4. The zero-order chi connectivity index (χ0) is 25.4. The first-order chi connectivity index (χ1) is 16.6. The largest absolute Gasteiger partial charge is 0.394 e. The van der Waals surface area contributed by atoms with Gasteiger partial charge in [-0.05, 0) is 110 Å². The standard InChI is InChI=1S/C32H54O3/c1-7-23(21(2)3)9-8-22(4)28-12-13-29-27-11-10-24-18-26(35-20-25(34)19-33)14-16-31(24,5)30(27)15-17-32(28,29)6/h8-10,21-23,25-30,33-34H,7,11-20H2,1-6H3/b9-8+/t22-,23-,25?,26+,27+,28-,29+,30+,31+,32-/m1/s1. The van der Waals surface area contributed by atoms with E-state index < -0.39 is 6.10 Å². The van der Waals surface area contributed by atoms with Gasteiger partial charge in [0.15, 0.2) is 0 Å². The summed E-state index contributed by atoms with van der Waals surface area (Å²) in [5, 5.41) is 18.8. The highest BCUT2D eigenvalue weighted by molar-refractivity contribution is 5.25. The third-order valence-corrected chi connectivity index (χ3v) is 11.5. The zero-order valence-corrected chi connectivity index (χ0v) is 23.5. The Morgan fingerprint density at radius 1 is 1.06 bits per heavy atom. The average molecular weight is 487 g/mol. The number of aliphatic hydroxyl groups excluding tert-OH is 2. The zero-order valence-electron chi connectivity index (χ0n) is 23.5. The van der Waals surface area contributed by atoms with E-state index in [1.807, 2.05) is 0 Å². The van der Waals surface area contributed by atoms with Crippen LogP contribution in [0, 0.1) is 52.3 Å². The van der Waals surface area contributed by atoms with Gasteiger partial charge in [0.1, 0.15) is 6.10 Å². The van der Waals surface area contributed by atoms with E-state index in [0.29, 0.717) is 22.7 Å². The number of fused-ring (bicyclic) bond motifs is 5. The maximum atomic E-state index is 9.70. The molecule has 3 fully saturated rings. The van der Waals surface area contributed by atoms with E-state index in [0.717, 1.165) is 42.4 Å². The molecule has 1 unspecified atom stereocenters. The van der Waals surface area contributed by atoms with Gasteiger partial charge in [-0.1, -0.05) is 65.3 Å². The topological polar surface area (TPSA) is 49.7 Å². The Hall–Kier alpha value is -0.640. The molecule has 4 aliphatic rings. The van der Waals surface area contributed by atoms with Crippen LogP contribution < -0.4 is 0 Å². The lowest BCUT2D eigenvalue weighted by atomic mass is 9.47. The smallest absolute Gasteiger partial charge is 0.100 e. The van der Waals surface area contributed by atoms with E-state index in [2.05, 4.69) is 59.8 Å². The van der Waals surface area contributed by atoms with E-state index in [1.54, 1.807) is 5.57 Å². The van der Waals surface area contributed by atoms with Gasteiger partial charge in [0.2, 0.25) is 0 Å². The van der Waals surface area contributed by atoms with Crippen molar-refractivity contribution in [2.45, 2.75) is 112 Å². The van der Waals surface area contributed by atoms with Gasteiger partial charge in [-0.2, -0.15) is 0 Å². The molecule has 200 valence electrons. The van der Waals surface area contributed by atoms with Crippen LogP contribution in [0.15, 0.2) is 23.8 Å². The maximum absolute atomic E-state index is 9.70. The first-order valence-corrected chi connectivity index (χ1v) is 14.9. The molecular weight excluding hydrogens is 432 g/mol. The van der Waals surface area contributed by atoms with Crippen molar-refractivity contribution in [1.29, 1.82) is 0 Å². The molecule has 3 heteroatoms. The number of ether oxygens (including phenoxy) is 1. The van der Waals surface area contributed by atoms with Gasteiger partial charge in [-0.25, -0.2) is 0 Å². The SMILES string of the molecule is CC[C@H](/C=C/[C@@H](C)[C@H]1CC[C@H]2[C@@H]3CC=C4C[C@@H](OCC(O)CO)CC[C@]4(C)[C@H]3CC[C@]12C)C(C)C. The van der Waals surface area contributed by atoms with Crippen molar-refractivity contribution in [1.82, 2.24) is 0 Å². The normalized spacial score (nSPS) is 41.7. The van der Waals surface area contributed by atoms with Crippen LogP contribution in [0.2, 0.25) is 0 Å².